The third kappa shape index (κ3) is 4.41. The van der Waals surface area contributed by atoms with Crippen molar-refractivity contribution in [3.63, 3.8) is 0 Å². The van der Waals surface area contributed by atoms with Crippen LogP contribution in [0, 0.1) is 0 Å². The molecule has 0 radical (unpaired) electrons. The van der Waals surface area contributed by atoms with E-state index in [1.807, 2.05) is 11.3 Å². The molecule has 0 atom stereocenters. The van der Waals surface area contributed by atoms with Crippen molar-refractivity contribution in [1.29, 1.82) is 0 Å². The van der Waals surface area contributed by atoms with Gasteiger partial charge in [0.25, 0.3) is 0 Å². The highest BCUT2D eigenvalue weighted by molar-refractivity contribution is 7.24. The van der Waals surface area contributed by atoms with Crippen LogP contribution < -0.4 is 0 Å². The van der Waals surface area contributed by atoms with Gasteiger partial charge < -0.3 is 4.42 Å². The normalized spacial score (nSPS) is 11.8. The molecule has 0 aliphatic heterocycles. The summed E-state index contributed by atoms with van der Waals surface area (Å²) >= 11 is 1.87. The van der Waals surface area contributed by atoms with Crippen molar-refractivity contribution in [3.8, 4) is 43.8 Å². The third-order valence-electron chi connectivity index (χ3n) is 10.6. The molecular formula is C50H30OS. The van der Waals surface area contributed by atoms with Crippen LogP contribution >= 0.6 is 11.3 Å². The van der Waals surface area contributed by atoms with Gasteiger partial charge in [0.15, 0.2) is 0 Å². The number of fused-ring (bicyclic) bond motifs is 8. The number of hydrogen-bond acceptors (Lipinski definition) is 2. The molecule has 0 unspecified atom stereocenters. The maximum Gasteiger partial charge on any atom is 0.136 e. The van der Waals surface area contributed by atoms with Gasteiger partial charge in [0.2, 0.25) is 0 Å². The Kier molecular flexibility index (Phi) is 6.49. The first kappa shape index (κ1) is 29.3. The smallest absolute Gasteiger partial charge is 0.136 e. The van der Waals surface area contributed by atoms with Gasteiger partial charge in [-0.2, -0.15) is 0 Å². The van der Waals surface area contributed by atoms with Crippen LogP contribution in [0.3, 0.4) is 0 Å². The van der Waals surface area contributed by atoms with Crippen molar-refractivity contribution in [2.24, 2.45) is 0 Å². The summed E-state index contributed by atoms with van der Waals surface area (Å²) in [7, 11) is 0. The molecule has 9 aromatic carbocycles. The molecule has 1 nitrogen and oxygen atoms in total. The molecule has 0 spiro atoms. The van der Waals surface area contributed by atoms with E-state index >= 15 is 0 Å². The molecule has 0 fully saturated rings. The first-order chi connectivity index (χ1) is 25.8. The molecule has 0 N–H and O–H groups in total. The number of thiophene rings is 1. The quantitative estimate of drug-likeness (QED) is 0.169. The van der Waals surface area contributed by atoms with Crippen LogP contribution in [0.25, 0.3) is 108 Å². The lowest BCUT2D eigenvalue weighted by Gasteiger charge is -2.18. The van der Waals surface area contributed by atoms with Crippen LogP contribution in [0.5, 0.6) is 0 Å². The Balaban J connectivity index is 1.20. The van der Waals surface area contributed by atoms with Gasteiger partial charge in [-0.15, -0.1) is 11.3 Å². The monoisotopic (exact) mass is 678 g/mol. The van der Waals surface area contributed by atoms with Gasteiger partial charge in [-0.1, -0.05) is 152 Å². The minimum atomic E-state index is 0.906. The second-order valence-electron chi connectivity index (χ2n) is 13.6. The molecule has 0 amide bonds. The molecule has 2 heterocycles. The highest BCUT2D eigenvalue weighted by Crippen LogP contribution is 2.50. The highest BCUT2D eigenvalue weighted by Gasteiger charge is 2.22. The minimum absolute atomic E-state index is 0.906. The molecule has 52 heavy (non-hydrogen) atoms. The van der Waals surface area contributed by atoms with Crippen LogP contribution in [0.1, 0.15) is 0 Å². The summed E-state index contributed by atoms with van der Waals surface area (Å²) in [4.78, 5) is 1.28. The van der Waals surface area contributed by atoms with E-state index < -0.39 is 0 Å². The molecule has 0 saturated carbocycles. The summed E-state index contributed by atoms with van der Waals surface area (Å²) in [6, 6.07) is 66.1. The van der Waals surface area contributed by atoms with Crippen molar-refractivity contribution in [1.82, 2.24) is 0 Å². The zero-order valence-electron chi connectivity index (χ0n) is 28.1. The van der Waals surface area contributed by atoms with E-state index in [-0.39, 0.29) is 0 Å². The average molecular weight is 679 g/mol. The molecule has 11 rings (SSSR count). The lowest BCUT2D eigenvalue weighted by atomic mass is 9.85. The summed E-state index contributed by atoms with van der Waals surface area (Å²) < 4.78 is 7.86. The van der Waals surface area contributed by atoms with Gasteiger partial charge in [-0.05, 0) is 96.0 Å². The zero-order valence-corrected chi connectivity index (χ0v) is 29.0. The van der Waals surface area contributed by atoms with Crippen molar-refractivity contribution >= 4 is 75.7 Å². The lowest BCUT2D eigenvalue weighted by Crippen LogP contribution is -1.91. The molecule has 0 aliphatic rings. The number of furan rings is 1. The summed E-state index contributed by atoms with van der Waals surface area (Å²) in [6.45, 7) is 0. The molecule has 0 aliphatic carbocycles. The standard InChI is InChI=1S/C50H30OS/c1-3-14-32(15-4-1)47-41-26-28-44-48(50(41)52-49(47)33-16-5-2-6-17-33)42-30-36(25-27-43(42)51-44)46-39-21-11-9-19-37(39)45(38-20-10-12-22-40(38)46)35-24-23-31-13-7-8-18-34(31)29-35/h1-30H. The second-order valence-corrected chi connectivity index (χ2v) is 14.6. The second kappa shape index (κ2) is 11.5. The number of rotatable bonds is 4. The van der Waals surface area contributed by atoms with Gasteiger partial charge >= 0.3 is 0 Å². The molecule has 242 valence electrons. The molecule has 2 aromatic heterocycles. The van der Waals surface area contributed by atoms with Crippen LogP contribution in [0.4, 0.5) is 0 Å². The SMILES string of the molecule is c1ccc(-c2sc3c(ccc4oc5ccc(-c6c7ccccc7c(-c7ccc8ccccc8c7)c7ccccc67)cc5c43)c2-c2ccccc2)cc1. The molecular weight excluding hydrogens is 649 g/mol. The fourth-order valence-corrected chi connectivity index (χ4v) is 9.73. The first-order valence-corrected chi connectivity index (χ1v) is 18.6. The average Bonchev–Trinajstić information content (AvgIpc) is 3.79. The Morgan fingerprint density at radius 2 is 0.865 bits per heavy atom. The van der Waals surface area contributed by atoms with Crippen LogP contribution in [0.15, 0.2) is 186 Å². The fraction of sp³-hybridized carbons (Fsp3) is 0. The Morgan fingerprint density at radius 1 is 0.327 bits per heavy atom. The van der Waals surface area contributed by atoms with E-state index in [1.165, 1.54) is 91.6 Å². The van der Waals surface area contributed by atoms with E-state index in [0.29, 0.717) is 0 Å². The fourth-order valence-electron chi connectivity index (χ4n) is 8.35. The Morgan fingerprint density at radius 3 is 1.54 bits per heavy atom. The number of benzene rings is 9. The molecule has 11 aromatic rings. The van der Waals surface area contributed by atoms with Crippen LogP contribution in [-0.4, -0.2) is 0 Å². The van der Waals surface area contributed by atoms with Gasteiger partial charge in [0, 0.05) is 31.3 Å². The lowest BCUT2D eigenvalue weighted by molar-refractivity contribution is 0.669. The summed E-state index contributed by atoms with van der Waals surface area (Å²) in [6.07, 6.45) is 0. The van der Waals surface area contributed by atoms with Crippen LogP contribution in [-0.2, 0) is 0 Å². The Hall–Kier alpha value is -6.48. The summed E-state index contributed by atoms with van der Waals surface area (Å²) in [5.41, 5.74) is 10.5. The molecule has 0 bridgehead atoms. The first-order valence-electron chi connectivity index (χ1n) is 17.8. The van der Waals surface area contributed by atoms with E-state index in [1.54, 1.807) is 0 Å². The topological polar surface area (TPSA) is 13.1 Å². The molecule has 2 heteroatoms. The highest BCUT2D eigenvalue weighted by atomic mass is 32.1. The Bertz CT molecular complexity index is 3110. The summed E-state index contributed by atoms with van der Waals surface area (Å²) in [5.74, 6) is 0. The van der Waals surface area contributed by atoms with Crippen molar-refractivity contribution in [2.45, 2.75) is 0 Å². The van der Waals surface area contributed by atoms with Gasteiger partial charge in [-0.3, -0.25) is 0 Å². The van der Waals surface area contributed by atoms with Gasteiger partial charge in [0.05, 0.1) is 0 Å². The van der Waals surface area contributed by atoms with Gasteiger partial charge in [-0.25, -0.2) is 0 Å². The maximum atomic E-state index is 6.61. The predicted molar refractivity (Wildman–Crippen MR) is 223 cm³/mol. The van der Waals surface area contributed by atoms with E-state index in [0.717, 1.165) is 16.6 Å². The molecule has 0 saturated heterocycles. The van der Waals surface area contributed by atoms with E-state index in [9.17, 15) is 0 Å². The predicted octanol–water partition coefficient (Wildman–Crippen LogP) is 14.9. The van der Waals surface area contributed by atoms with Gasteiger partial charge in [0.1, 0.15) is 11.2 Å². The largest absolute Gasteiger partial charge is 0.456 e. The van der Waals surface area contributed by atoms with Crippen molar-refractivity contribution in [2.75, 3.05) is 0 Å². The van der Waals surface area contributed by atoms with Crippen molar-refractivity contribution < 1.29 is 4.42 Å². The van der Waals surface area contributed by atoms with Crippen LogP contribution in [0.2, 0.25) is 0 Å². The summed E-state index contributed by atoms with van der Waals surface area (Å²) in [5, 5.41) is 11.1. The van der Waals surface area contributed by atoms with Crippen molar-refractivity contribution in [3.05, 3.63) is 182 Å². The minimum Gasteiger partial charge on any atom is -0.456 e. The number of hydrogen-bond donors (Lipinski definition) is 0. The van der Waals surface area contributed by atoms with E-state index in [4.69, 9.17) is 4.42 Å². The van der Waals surface area contributed by atoms with E-state index in [2.05, 4.69) is 182 Å². The zero-order chi connectivity index (χ0) is 34.2. The third-order valence-corrected chi connectivity index (χ3v) is 11.9. The Labute approximate surface area is 304 Å². The maximum absolute atomic E-state index is 6.61.